The lowest BCUT2D eigenvalue weighted by molar-refractivity contribution is 0.278. The van der Waals surface area contributed by atoms with Crippen LogP contribution in [-0.4, -0.2) is 13.7 Å². The van der Waals surface area contributed by atoms with E-state index in [-0.39, 0.29) is 6.04 Å². The summed E-state index contributed by atoms with van der Waals surface area (Å²) in [6.45, 7) is 2.72. The van der Waals surface area contributed by atoms with E-state index in [1.807, 2.05) is 37.4 Å². The number of rotatable bonds is 6. The molecule has 3 heteroatoms. The molecule has 0 amide bonds. The van der Waals surface area contributed by atoms with E-state index in [2.05, 4.69) is 18.3 Å². The molecule has 0 bridgehead atoms. The summed E-state index contributed by atoms with van der Waals surface area (Å²) in [7, 11) is 1.93. The summed E-state index contributed by atoms with van der Waals surface area (Å²) in [4.78, 5) is 0. The summed E-state index contributed by atoms with van der Waals surface area (Å²) in [5.74, 6) is 1.87. The predicted molar refractivity (Wildman–Crippen MR) is 71.8 cm³/mol. The van der Waals surface area contributed by atoms with Crippen LogP contribution in [0.2, 0.25) is 0 Å². The highest BCUT2D eigenvalue weighted by Gasteiger charge is 2.11. The number of hydrogen-bond acceptors (Lipinski definition) is 3. The smallest absolute Gasteiger partial charge is 0.120 e. The van der Waals surface area contributed by atoms with Crippen LogP contribution in [0.4, 0.5) is 0 Å². The Kier molecular flexibility index (Phi) is 4.42. The number of ether oxygens (including phenoxy) is 1. The van der Waals surface area contributed by atoms with E-state index in [4.69, 9.17) is 9.15 Å². The van der Waals surface area contributed by atoms with E-state index in [0.717, 1.165) is 17.9 Å². The minimum Gasteiger partial charge on any atom is -0.494 e. The highest BCUT2D eigenvalue weighted by molar-refractivity contribution is 5.27. The van der Waals surface area contributed by atoms with Gasteiger partial charge in [0, 0.05) is 6.42 Å². The first-order valence-corrected chi connectivity index (χ1v) is 6.19. The van der Waals surface area contributed by atoms with Crippen molar-refractivity contribution in [3.8, 4) is 5.75 Å². The second-order valence-corrected chi connectivity index (χ2v) is 4.31. The third kappa shape index (κ3) is 3.37. The Morgan fingerprint density at radius 1 is 1.28 bits per heavy atom. The maximum atomic E-state index is 5.74. The van der Waals surface area contributed by atoms with Gasteiger partial charge in [-0.2, -0.15) is 0 Å². The molecule has 0 saturated heterocycles. The van der Waals surface area contributed by atoms with Gasteiger partial charge < -0.3 is 14.5 Å². The Bertz CT molecular complexity index is 465. The first kappa shape index (κ1) is 12.7. The number of benzene rings is 1. The van der Waals surface area contributed by atoms with Gasteiger partial charge in [0.2, 0.25) is 0 Å². The molecule has 2 rings (SSSR count). The second kappa shape index (κ2) is 6.26. The Morgan fingerprint density at radius 3 is 2.83 bits per heavy atom. The minimum atomic E-state index is 0.199. The summed E-state index contributed by atoms with van der Waals surface area (Å²) in [6.07, 6.45) is 2.57. The topological polar surface area (TPSA) is 34.4 Å². The fourth-order valence-electron chi connectivity index (χ4n) is 1.92. The third-order valence-electron chi connectivity index (χ3n) is 2.90. The van der Waals surface area contributed by atoms with Crippen LogP contribution in [0.3, 0.4) is 0 Å². The predicted octanol–water partition coefficient (Wildman–Crippen LogP) is 3.32. The van der Waals surface area contributed by atoms with Crippen molar-refractivity contribution in [2.24, 2.45) is 0 Å². The van der Waals surface area contributed by atoms with Gasteiger partial charge in [0.1, 0.15) is 11.5 Å². The molecule has 18 heavy (non-hydrogen) atoms. The van der Waals surface area contributed by atoms with E-state index in [1.54, 1.807) is 6.26 Å². The molecule has 0 radical (unpaired) electrons. The maximum absolute atomic E-state index is 5.74. The normalized spacial score (nSPS) is 12.3. The average molecular weight is 245 g/mol. The average Bonchev–Trinajstić information content (AvgIpc) is 2.88. The van der Waals surface area contributed by atoms with Gasteiger partial charge >= 0.3 is 0 Å². The number of aryl methyl sites for hydroxylation is 1. The van der Waals surface area contributed by atoms with Crippen molar-refractivity contribution in [2.45, 2.75) is 19.4 Å². The minimum absolute atomic E-state index is 0.199. The zero-order chi connectivity index (χ0) is 12.8. The Labute approximate surface area is 108 Å². The van der Waals surface area contributed by atoms with Gasteiger partial charge in [-0.05, 0) is 43.8 Å². The number of hydrogen-bond donors (Lipinski definition) is 1. The van der Waals surface area contributed by atoms with E-state index in [0.29, 0.717) is 6.61 Å². The molecule has 0 aliphatic carbocycles. The van der Waals surface area contributed by atoms with Gasteiger partial charge in [-0.25, -0.2) is 0 Å². The zero-order valence-corrected chi connectivity index (χ0v) is 10.8. The molecule has 1 unspecified atom stereocenters. The number of nitrogens with one attached hydrogen (secondary N) is 1. The van der Waals surface area contributed by atoms with Crippen molar-refractivity contribution in [2.75, 3.05) is 13.7 Å². The van der Waals surface area contributed by atoms with Crippen LogP contribution in [-0.2, 0) is 0 Å². The van der Waals surface area contributed by atoms with Crippen molar-refractivity contribution < 1.29 is 9.15 Å². The molecule has 0 fully saturated rings. The molecular formula is C15H19NO2. The molecule has 1 atom stereocenters. The fourth-order valence-corrected chi connectivity index (χ4v) is 1.92. The first-order chi connectivity index (χ1) is 8.79. The Hall–Kier alpha value is -1.74. The van der Waals surface area contributed by atoms with E-state index in [9.17, 15) is 0 Å². The summed E-state index contributed by atoms with van der Waals surface area (Å²) >= 11 is 0. The van der Waals surface area contributed by atoms with Crippen molar-refractivity contribution in [1.82, 2.24) is 5.32 Å². The van der Waals surface area contributed by atoms with Gasteiger partial charge in [0.25, 0.3) is 0 Å². The van der Waals surface area contributed by atoms with Gasteiger partial charge in [-0.3, -0.25) is 0 Å². The molecule has 0 aliphatic rings. The Balaban J connectivity index is 1.84. The van der Waals surface area contributed by atoms with Gasteiger partial charge in [0.05, 0.1) is 18.9 Å². The van der Waals surface area contributed by atoms with Crippen LogP contribution >= 0.6 is 0 Å². The molecule has 0 aliphatic heterocycles. The van der Waals surface area contributed by atoms with Crippen LogP contribution in [0, 0.1) is 6.92 Å². The highest BCUT2D eigenvalue weighted by atomic mass is 16.5. The van der Waals surface area contributed by atoms with Gasteiger partial charge in [-0.15, -0.1) is 0 Å². The largest absolute Gasteiger partial charge is 0.494 e. The van der Waals surface area contributed by atoms with Gasteiger partial charge in [-0.1, -0.05) is 12.1 Å². The summed E-state index contributed by atoms with van der Waals surface area (Å²) < 4.78 is 11.1. The lowest BCUT2D eigenvalue weighted by Crippen LogP contribution is -2.18. The van der Waals surface area contributed by atoms with Crippen molar-refractivity contribution >= 4 is 0 Å². The molecule has 1 aromatic heterocycles. The summed E-state index contributed by atoms with van der Waals surface area (Å²) in [5, 5.41) is 3.23. The standard InChI is InChI=1S/C15H19NO2/c1-12-5-3-6-13(11-12)17-10-8-14(16-2)15-7-4-9-18-15/h3-7,9,11,14,16H,8,10H2,1-2H3. The maximum Gasteiger partial charge on any atom is 0.120 e. The molecule has 96 valence electrons. The zero-order valence-electron chi connectivity index (χ0n) is 10.8. The highest BCUT2D eigenvalue weighted by Crippen LogP contribution is 2.18. The molecular weight excluding hydrogens is 226 g/mol. The third-order valence-corrected chi connectivity index (χ3v) is 2.90. The lowest BCUT2D eigenvalue weighted by Gasteiger charge is -2.14. The monoisotopic (exact) mass is 245 g/mol. The Morgan fingerprint density at radius 2 is 2.17 bits per heavy atom. The summed E-state index contributed by atoms with van der Waals surface area (Å²) in [6, 6.07) is 12.2. The van der Waals surface area contributed by atoms with E-state index >= 15 is 0 Å². The van der Waals surface area contributed by atoms with E-state index < -0.39 is 0 Å². The number of furan rings is 1. The molecule has 1 N–H and O–H groups in total. The fraction of sp³-hybridized carbons (Fsp3) is 0.333. The van der Waals surface area contributed by atoms with E-state index in [1.165, 1.54) is 5.56 Å². The molecule has 3 nitrogen and oxygen atoms in total. The van der Waals surface area contributed by atoms with Crippen LogP contribution in [0.1, 0.15) is 23.8 Å². The quantitative estimate of drug-likeness (QED) is 0.847. The molecule has 1 aromatic carbocycles. The van der Waals surface area contributed by atoms with Gasteiger partial charge in [0.15, 0.2) is 0 Å². The van der Waals surface area contributed by atoms with Crippen molar-refractivity contribution in [3.63, 3.8) is 0 Å². The van der Waals surface area contributed by atoms with Crippen LogP contribution in [0.15, 0.2) is 47.1 Å². The molecule has 2 aromatic rings. The lowest BCUT2D eigenvalue weighted by atomic mass is 10.1. The second-order valence-electron chi connectivity index (χ2n) is 4.31. The van der Waals surface area contributed by atoms with Crippen molar-refractivity contribution in [3.05, 3.63) is 54.0 Å². The SMILES string of the molecule is CNC(CCOc1cccc(C)c1)c1ccco1. The molecule has 1 heterocycles. The summed E-state index contributed by atoms with van der Waals surface area (Å²) in [5.41, 5.74) is 1.21. The molecule has 0 spiro atoms. The van der Waals surface area contributed by atoms with Crippen molar-refractivity contribution in [1.29, 1.82) is 0 Å². The van der Waals surface area contributed by atoms with Crippen LogP contribution < -0.4 is 10.1 Å². The first-order valence-electron chi connectivity index (χ1n) is 6.19. The van der Waals surface area contributed by atoms with Crippen LogP contribution in [0.5, 0.6) is 5.75 Å². The van der Waals surface area contributed by atoms with Crippen LogP contribution in [0.25, 0.3) is 0 Å². The molecule has 0 saturated carbocycles.